The number of carbonyl (C=O) groups is 1. The van der Waals surface area contributed by atoms with E-state index in [4.69, 9.17) is 11.6 Å². The van der Waals surface area contributed by atoms with Gasteiger partial charge in [0.25, 0.3) is 5.91 Å². The van der Waals surface area contributed by atoms with E-state index < -0.39 is 28.3 Å². The minimum absolute atomic E-state index is 0.0273. The van der Waals surface area contributed by atoms with Crippen LogP contribution in [-0.4, -0.2) is 19.9 Å². The van der Waals surface area contributed by atoms with Crippen molar-refractivity contribution in [3.8, 4) is 5.69 Å². The molecule has 0 aliphatic carbocycles. The lowest BCUT2D eigenvalue weighted by Gasteiger charge is -2.12. The smallest absolute Gasteiger partial charge is 0.261 e. The van der Waals surface area contributed by atoms with E-state index in [0.717, 1.165) is 6.07 Å². The molecule has 2 heterocycles. The Bertz CT molecular complexity index is 1060. The molecule has 5 nitrogen and oxygen atoms in total. The van der Waals surface area contributed by atoms with Crippen LogP contribution in [0.2, 0.25) is 5.02 Å². The Labute approximate surface area is 160 Å². The number of aromatic nitrogens is 2. The van der Waals surface area contributed by atoms with Gasteiger partial charge in [0.05, 0.1) is 33.5 Å². The van der Waals surface area contributed by atoms with Gasteiger partial charge in [0.15, 0.2) is 0 Å². The van der Waals surface area contributed by atoms with Crippen LogP contribution in [0.5, 0.6) is 0 Å². The quantitative estimate of drug-likeness (QED) is 0.718. The van der Waals surface area contributed by atoms with Crippen LogP contribution < -0.4 is 5.32 Å². The normalized spacial score (nSPS) is 15.6. The standard InChI is InChI=1S/C18H12ClF2N3O2S/c19-13-2-1-3-14(21)16(13)18(25)22-17-12-8-27(26)9-15(12)23-24(17)11-6-4-10(20)5-7-11/h1-7H,8-9H2,(H,22,25)/t27-/m1/s1. The van der Waals surface area contributed by atoms with E-state index >= 15 is 0 Å². The predicted octanol–water partition coefficient (Wildman–Crippen LogP) is 3.82. The highest BCUT2D eigenvalue weighted by Gasteiger charge is 2.29. The first-order valence-electron chi connectivity index (χ1n) is 7.91. The van der Waals surface area contributed by atoms with Gasteiger partial charge < -0.3 is 5.32 Å². The van der Waals surface area contributed by atoms with Gasteiger partial charge in [0.1, 0.15) is 17.5 Å². The number of benzene rings is 2. The summed E-state index contributed by atoms with van der Waals surface area (Å²) in [6, 6.07) is 9.48. The Morgan fingerprint density at radius 3 is 2.59 bits per heavy atom. The molecule has 1 N–H and O–H groups in total. The van der Waals surface area contributed by atoms with Crippen LogP contribution in [0.15, 0.2) is 42.5 Å². The molecule has 2 aromatic carbocycles. The summed E-state index contributed by atoms with van der Waals surface area (Å²) in [5.41, 5.74) is 1.40. The van der Waals surface area contributed by atoms with Crippen molar-refractivity contribution in [2.24, 2.45) is 0 Å². The number of hydrogen-bond acceptors (Lipinski definition) is 3. The number of amides is 1. The fourth-order valence-electron chi connectivity index (χ4n) is 2.91. The molecule has 9 heteroatoms. The molecule has 0 saturated heterocycles. The first kappa shape index (κ1) is 17.8. The Balaban J connectivity index is 1.78. The summed E-state index contributed by atoms with van der Waals surface area (Å²) >= 11 is 5.97. The van der Waals surface area contributed by atoms with Gasteiger partial charge >= 0.3 is 0 Å². The van der Waals surface area contributed by atoms with Crippen LogP contribution >= 0.6 is 11.6 Å². The summed E-state index contributed by atoms with van der Waals surface area (Å²) in [4.78, 5) is 12.7. The number of carbonyl (C=O) groups excluding carboxylic acids is 1. The Hall–Kier alpha value is -2.58. The van der Waals surface area contributed by atoms with Crippen molar-refractivity contribution >= 4 is 34.1 Å². The average Bonchev–Trinajstić information content (AvgIpc) is 3.13. The fourth-order valence-corrected chi connectivity index (χ4v) is 4.42. The monoisotopic (exact) mass is 407 g/mol. The maximum Gasteiger partial charge on any atom is 0.261 e. The van der Waals surface area contributed by atoms with Crippen molar-refractivity contribution < 1.29 is 17.8 Å². The topological polar surface area (TPSA) is 64.0 Å². The molecule has 3 aromatic rings. The van der Waals surface area contributed by atoms with Crippen molar-refractivity contribution in [2.75, 3.05) is 5.32 Å². The third kappa shape index (κ3) is 3.26. The second kappa shape index (κ2) is 6.86. The first-order valence-corrected chi connectivity index (χ1v) is 9.77. The number of nitrogens with zero attached hydrogens (tertiary/aromatic N) is 2. The van der Waals surface area contributed by atoms with Gasteiger partial charge in [-0.2, -0.15) is 5.10 Å². The van der Waals surface area contributed by atoms with Crippen LogP contribution in [0.3, 0.4) is 0 Å². The van der Waals surface area contributed by atoms with E-state index in [-0.39, 0.29) is 27.9 Å². The van der Waals surface area contributed by atoms with E-state index in [9.17, 15) is 17.8 Å². The molecule has 0 bridgehead atoms. The van der Waals surface area contributed by atoms with Gasteiger partial charge in [-0.1, -0.05) is 17.7 Å². The summed E-state index contributed by atoms with van der Waals surface area (Å²) in [6.07, 6.45) is 0. The zero-order chi connectivity index (χ0) is 19.1. The molecule has 27 heavy (non-hydrogen) atoms. The molecular formula is C18H12ClF2N3O2S. The highest BCUT2D eigenvalue weighted by atomic mass is 35.5. The van der Waals surface area contributed by atoms with Crippen LogP contribution in [-0.2, 0) is 22.3 Å². The number of hydrogen-bond donors (Lipinski definition) is 1. The van der Waals surface area contributed by atoms with Crippen molar-refractivity contribution in [2.45, 2.75) is 11.5 Å². The lowest BCUT2D eigenvalue weighted by atomic mass is 10.2. The molecule has 1 aliphatic rings. The summed E-state index contributed by atoms with van der Waals surface area (Å²) in [7, 11) is -1.12. The second-order valence-electron chi connectivity index (χ2n) is 5.94. The van der Waals surface area contributed by atoms with Crippen LogP contribution in [0.4, 0.5) is 14.6 Å². The highest BCUT2D eigenvalue weighted by Crippen LogP contribution is 2.32. The maximum atomic E-state index is 14.1. The molecule has 138 valence electrons. The van der Waals surface area contributed by atoms with Crippen LogP contribution in [0, 0.1) is 11.6 Å². The van der Waals surface area contributed by atoms with E-state index in [1.54, 1.807) is 0 Å². The van der Waals surface area contributed by atoms with Gasteiger partial charge in [-0.3, -0.25) is 9.00 Å². The SMILES string of the molecule is O=C(Nc1c2c(nn1-c1ccc(F)cc1)C[S@](=O)C2)c1c(F)cccc1Cl. The van der Waals surface area contributed by atoms with Crippen molar-refractivity contribution in [3.63, 3.8) is 0 Å². The number of nitrogens with one attached hydrogen (secondary N) is 1. The van der Waals surface area contributed by atoms with Gasteiger partial charge in [0.2, 0.25) is 0 Å². The summed E-state index contributed by atoms with van der Waals surface area (Å²) < 4.78 is 40.6. The zero-order valence-corrected chi connectivity index (χ0v) is 15.3. The van der Waals surface area contributed by atoms with Crippen LogP contribution in [0.1, 0.15) is 21.6 Å². The first-order chi connectivity index (χ1) is 12.9. The van der Waals surface area contributed by atoms with Crippen LogP contribution in [0.25, 0.3) is 5.69 Å². The molecule has 4 rings (SSSR count). The van der Waals surface area contributed by atoms with Gasteiger partial charge in [-0.05, 0) is 36.4 Å². The molecule has 0 saturated carbocycles. The minimum atomic E-state index is -1.12. The third-order valence-corrected chi connectivity index (χ3v) is 5.68. The van der Waals surface area contributed by atoms with E-state index in [1.807, 2.05) is 0 Å². The van der Waals surface area contributed by atoms with E-state index in [0.29, 0.717) is 16.9 Å². The van der Waals surface area contributed by atoms with Gasteiger partial charge in [-0.25, -0.2) is 13.5 Å². The van der Waals surface area contributed by atoms with Crippen molar-refractivity contribution in [1.82, 2.24) is 9.78 Å². The lowest BCUT2D eigenvalue weighted by molar-refractivity contribution is 0.102. The molecular weight excluding hydrogens is 396 g/mol. The highest BCUT2D eigenvalue weighted by molar-refractivity contribution is 7.83. The van der Waals surface area contributed by atoms with Gasteiger partial charge in [-0.15, -0.1) is 0 Å². The lowest BCUT2D eigenvalue weighted by Crippen LogP contribution is -2.18. The number of rotatable bonds is 3. The predicted molar refractivity (Wildman–Crippen MR) is 98.4 cm³/mol. The van der Waals surface area contributed by atoms with E-state index in [1.165, 1.54) is 41.1 Å². The molecule has 1 aliphatic heterocycles. The molecule has 0 radical (unpaired) electrons. The molecule has 0 fully saturated rings. The Kier molecular flexibility index (Phi) is 4.53. The zero-order valence-electron chi connectivity index (χ0n) is 13.7. The number of anilines is 1. The number of halogens is 3. The van der Waals surface area contributed by atoms with Crippen molar-refractivity contribution in [1.29, 1.82) is 0 Å². The Morgan fingerprint density at radius 1 is 1.15 bits per heavy atom. The second-order valence-corrected chi connectivity index (χ2v) is 7.81. The molecule has 1 aromatic heterocycles. The molecule has 1 atom stereocenters. The molecule has 1 amide bonds. The summed E-state index contributed by atoms with van der Waals surface area (Å²) in [5.74, 6) is -1.17. The average molecular weight is 408 g/mol. The van der Waals surface area contributed by atoms with Crippen molar-refractivity contribution in [3.05, 3.63) is 75.9 Å². The van der Waals surface area contributed by atoms with E-state index in [2.05, 4.69) is 10.4 Å². The summed E-state index contributed by atoms with van der Waals surface area (Å²) in [5, 5.41) is 7.00. The third-order valence-electron chi connectivity index (χ3n) is 4.16. The largest absolute Gasteiger partial charge is 0.306 e. The Morgan fingerprint density at radius 2 is 1.89 bits per heavy atom. The summed E-state index contributed by atoms with van der Waals surface area (Å²) in [6.45, 7) is 0. The molecule has 0 spiro atoms. The minimum Gasteiger partial charge on any atom is -0.306 e. The van der Waals surface area contributed by atoms with Gasteiger partial charge in [0, 0.05) is 16.4 Å². The molecule has 0 unspecified atom stereocenters. The fraction of sp³-hybridized carbons (Fsp3) is 0.111. The maximum absolute atomic E-state index is 14.1. The number of fused-ring (bicyclic) bond motifs is 1.